The first-order valence-electron chi connectivity index (χ1n) is 4.79. The zero-order valence-electron chi connectivity index (χ0n) is 8.03. The van der Waals surface area contributed by atoms with Crippen molar-refractivity contribution in [2.24, 2.45) is 0 Å². The summed E-state index contributed by atoms with van der Waals surface area (Å²) in [6.07, 6.45) is 0.762. The largest absolute Gasteiger partial charge is 0.378 e. The van der Waals surface area contributed by atoms with Crippen molar-refractivity contribution in [1.29, 1.82) is 5.41 Å². The van der Waals surface area contributed by atoms with Crippen molar-refractivity contribution in [3.63, 3.8) is 0 Å². The minimum Gasteiger partial charge on any atom is -0.378 e. The number of hydrogen-bond donors (Lipinski definition) is 1. The molecule has 1 aliphatic rings. The van der Waals surface area contributed by atoms with Gasteiger partial charge in [0.25, 0.3) is 0 Å². The van der Waals surface area contributed by atoms with Gasteiger partial charge in [0.2, 0.25) is 0 Å². The van der Waals surface area contributed by atoms with Crippen molar-refractivity contribution < 1.29 is 4.74 Å². The van der Waals surface area contributed by atoms with E-state index in [1.54, 1.807) is 11.3 Å². The van der Waals surface area contributed by atoms with Crippen LogP contribution in [0, 0.1) is 5.41 Å². The van der Waals surface area contributed by atoms with E-state index in [4.69, 9.17) is 10.1 Å². The molecule has 14 heavy (non-hydrogen) atoms. The Kier molecular flexibility index (Phi) is 3.16. The fourth-order valence-corrected chi connectivity index (χ4v) is 2.23. The molecular formula is C10H14N2OS. The van der Waals surface area contributed by atoms with E-state index in [9.17, 15) is 0 Å². The topological polar surface area (TPSA) is 36.3 Å². The maximum atomic E-state index is 7.94. The highest BCUT2D eigenvalue weighted by Crippen LogP contribution is 2.11. The minimum absolute atomic E-state index is 0.718. The Labute approximate surface area is 87.8 Å². The van der Waals surface area contributed by atoms with Crippen molar-refractivity contribution in [1.82, 2.24) is 4.90 Å². The van der Waals surface area contributed by atoms with Crippen LogP contribution in [-0.4, -0.2) is 37.0 Å². The predicted molar refractivity (Wildman–Crippen MR) is 58.1 cm³/mol. The summed E-state index contributed by atoms with van der Waals surface area (Å²) in [5.74, 6) is 0.718. The third-order valence-electron chi connectivity index (χ3n) is 2.31. The molecule has 1 saturated heterocycles. The summed E-state index contributed by atoms with van der Waals surface area (Å²) < 4.78 is 5.25. The maximum Gasteiger partial charge on any atom is 0.101 e. The summed E-state index contributed by atoms with van der Waals surface area (Å²) in [6.45, 7) is 3.24. The van der Waals surface area contributed by atoms with Gasteiger partial charge in [0, 0.05) is 24.4 Å². The second-order valence-electron chi connectivity index (χ2n) is 3.30. The molecule has 76 valence electrons. The molecule has 0 unspecified atom stereocenters. The van der Waals surface area contributed by atoms with E-state index in [1.165, 1.54) is 4.88 Å². The van der Waals surface area contributed by atoms with Gasteiger partial charge < -0.3 is 9.64 Å². The third-order valence-corrected chi connectivity index (χ3v) is 3.19. The number of nitrogens with one attached hydrogen (secondary N) is 1. The Bertz CT molecular complexity index is 291. The Hall–Kier alpha value is -0.870. The van der Waals surface area contributed by atoms with Gasteiger partial charge in [0.05, 0.1) is 13.2 Å². The molecule has 0 bridgehead atoms. The first-order chi connectivity index (χ1) is 6.86. The van der Waals surface area contributed by atoms with Crippen LogP contribution in [0.4, 0.5) is 0 Å². The van der Waals surface area contributed by atoms with Crippen LogP contribution in [0.5, 0.6) is 0 Å². The van der Waals surface area contributed by atoms with Crippen molar-refractivity contribution in [2.75, 3.05) is 26.3 Å². The number of amidine groups is 1. The standard InChI is InChI=1S/C10H14N2OS/c11-10(8-9-2-1-7-14-9)12-3-5-13-6-4-12/h1-2,7,11H,3-6,8H2. The van der Waals surface area contributed by atoms with Gasteiger partial charge in [-0.1, -0.05) is 6.07 Å². The molecule has 0 amide bonds. The lowest BCUT2D eigenvalue weighted by molar-refractivity contribution is 0.0671. The highest BCUT2D eigenvalue weighted by molar-refractivity contribution is 7.10. The Morgan fingerprint density at radius 2 is 2.29 bits per heavy atom. The number of thiophene rings is 1. The van der Waals surface area contributed by atoms with Gasteiger partial charge in [0.1, 0.15) is 5.84 Å². The maximum absolute atomic E-state index is 7.94. The third kappa shape index (κ3) is 2.33. The molecule has 2 rings (SSSR count). The minimum atomic E-state index is 0.718. The van der Waals surface area contributed by atoms with Crippen LogP contribution in [0.3, 0.4) is 0 Å². The molecule has 1 fully saturated rings. The molecule has 2 heterocycles. The van der Waals surface area contributed by atoms with Crippen LogP contribution in [0.1, 0.15) is 4.88 Å². The molecule has 4 heteroatoms. The van der Waals surface area contributed by atoms with Crippen molar-refractivity contribution >= 4 is 17.2 Å². The zero-order chi connectivity index (χ0) is 9.80. The van der Waals surface area contributed by atoms with Crippen LogP contribution < -0.4 is 0 Å². The molecule has 1 N–H and O–H groups in total. The Balaban J connectivity index is 1.88. The fraction of sp³-hybridized carbons (Fsp3) is 0.500. The molecule has 3 nitrogen and oxygen atoms in total. The van der Waals surface area contributed by atoms with E-state index in [2.05, 4.69) is 16.3 Å². The van der Waals surface area contributed by atoms with Gasteiger partial charge >= 0.3 is 0 Å². The molecule has 1 aromatic rings. The summed E-state index contributed by atoms with van der Waals surface area (Å²) in [6, 6.07) is 4.12. The van der Waals surface area contributed by atoms with Gasteiger partial charge in [-0.3, -0.25) is 5.41 Å². The van der Waals surface area contributed by atoms with Crippen LogP contribution >= 0.6 is 11.3 Å². The van der Waals surface area contributed by atoms with Crippen molar-refractivity contribution in [3.8, 4) is 0 Å². The number of nitrogens with zero attached hydrogens (tertiary/aromatic N) is 1. The summed E-state index contributed by atoms with van der Waals surface area (Å²) in [5.41, 5.74) is 0. The van der Waals surface area contributed by atoms with Gasteiger partial charge in [-0.05, 0) is 11.4 Å². The van der Waals surface area contributed by atoms with Crippen molar-refractivity contribution in [3.05, 3.63) is 22.4 Å². The van der Waals surface area contributed by atoms with Crippen LogP contribution in [-0.2, 0) is 11.2 Å². The second-order valence-corrected chi connectivity index (χ2v) is 4.33. The normalized spacial score (nSPS) is 17.0. The summed E-state index contributed by atoms with van der Waals surface area (Å²) >= 11 is 1.72. The quantitative estimate of drug-likeness (QED) is 0.594. The summed E-state index contributed by atoms with van der Waals surface area (Å²) in [4.78, 5) is 3.37. The molecule has 0 aromatic carbocycles. The van der Waals surface area contributed by atoms with Crippen molar-refractivity contribution in [2.45, 2.75) is 6.42 Å². The van der Waals surface area contributed by atoms with Crippen LogP contribution in [0.25, 0.3) is 0 Å². The molecular weight excluding hydrogens is 196 g/mol. The van der Waals surface area contributed by atoms with Gasteiger partial charge in [-0.25, -0.2) is 0 Å². The molecule has 0 spiro atoms. The number of hydrogen-bond acceptors (Lipinski definition) is 3. The summed E-state index contributed by atoms with van der Waals surface area (Å²) in [5, 5.41) is 9.99. The van der Waals surface area contributed by atoms with Gasteiger partial charge in [0.15, 0.2) is 0 Å². The number of rotatable bonds is 2. The molecule has 1 aromatic heterocycles. The van der Waals surface area contributed by atoms with E-state index in [1.807, 2.05) is 6.07 Å². The van der Waals surface area contributed by atoms with E-state index in [-0.39, 0.29) is 0 Å². The Morgan fingerprint density at radius 3 is 2.93 bits per heavy atom. The molecule has 0 atom stereocenters. The van der Waals surface area contributed by atoms with Crippen LogP contribution in [0.2, 0.25) is 0 Å². The van der Waals surface area contributed by atoms with E-state index < -0.39 is 0 Å². The lowest BCUT2D eigenvalue weighted by atomic mass is 10.3. The smallest absolute Gasteiger partial charge is 0.101 e. The molecule has 1 aliphatic heterocycles. The average Bonchev–Trinajstić information content (AvgIpc) is 2.72. The monoisotopic (exact) mass is 210 g/mol. The fourth-order valence-electron chi connectivity index (χ4n) is 1.52. The lowest BCUT2D eigenvalue weighted by Crippen LogP contribution is -2.41. The SMILES string of the molecule is N=C(Cc1cccs1)N1CCOCC1. The summed E-state index contributed by atoms with van der Waals surface area (Å²) in [7, 11) is 0. The number of morpholine rings is 1. The molecule has 0 saturated carbocycles. The predicted octanol–water partition coefficient (Wildman–Crippen LogP) is 1.60. The highest BCUT2D eigenvalue weighted by atomic mass is 32.1. The lowest BCUT2D eigenvalue weighted by Gasteiger charge is -2.28. The van der Waals surface area contributed by atoms with Gasteiger partial charge in [-0.2, -0.15) is 0 Å². The zero-order valence-corrected chi connectivity index (χ0v) is 8.85. The van der Waals surface area contributed by atoms with E-state index in [0.29, 0.717) is 0 Å². The molecule has 0 aliphatic carbocycles. The molecule has 0 radical (unpaired) electrons. The average molecular weight is 210 g/mol. The first kappa shape index (κ1) is 9.68. The van der Waals surface area contributed by atoms with Gasteiger partial charge in [-0.15, -0.1) is 11.3 Å². The highest BCUT2D eigenvalue weighted by Gasteiger charge is 2.13. The number of ether oxygens (including phenoxy) is 1. The van der Waals surface area contributed by atoms with E-state index >= 15 is 0 Å². The second kappa shape index (κ2) is 4.57. The Morgan fingerprint density at radius 1 is 1.50 bits per heavy atom. The first-order valence-corrected chi connectivity index (χ1v) is 5.67. The van der Waals surface area contributed by atoms with Crippen LogP contribution in [0.15, 0.2) is 17.5 Å². The van der Waals surface area contributed by atoms with E-state index in [0.717, 1.165) is 38.6 Å².